The molecule has 6 rings (SSSR count). The summed E-state index contributed by atoms with van der Waals surface area (Å²) >= 11 is 0. The monoisotopic (exact) mass is 682 g/mol. The summed E-state index contributed by atoms with van der Waals surface area (Å²) in [6, 6.07) is 26.3. The molecular weight excluding hydrogens is 624 g/mol. The molecule has 3 aliphatic rings. The second kappa shape index (κ2) is 18.4. The van der Waals surface area contributed by atoms with Gasteiger partial charge in [0.1, 0.15) is 0 Å². The van der Waals surface area contributed by atoms with Crippen LogP contribution in [0.5, 0.6) is 0 Å². The lowest BCUT2D eigenvalue weighted by molar-refractivity contribution is -0.143. The van der Waals surface area contributed by atoms with Crippen LogP contribution in [0.1, 0.15) is 52.6 Å². The number of nitrogens with one attached hydrogen (secondary N) is 3. The van der Waals surface area contributed by atoms with Gasteiger partial charge in [-0.15, -0.1) is 0 Å². The Kier molecular flexibility index (Phi) is 13.5. The van der Waals surface area contributed by atoms with Gasteiger partial charge in [0.05, 0.1) is 5.92 Å². The maximum atomic E-state index is 12.3. The number of rotatable bonds is 18. The first kappa shape index (κ1) is 36.7. The fourth-order valence-electron chi connectivity index (χ4n) is 8.76. The summed E-state index contributed by atoms with van der Waals surface area (Å²) < 4.78 is 0. The molecule has 3 saturated heterocycles. The van der Waals surface area contributed by atoms with Crippen molar-refractivity contribution in [2.45, 2.75) is 58.2 Å². The molecule has 3 aliphatic heterocycles. The fourth-order valence-corrected chi connectivity index (χ4v) is 8.76. The van der Waals surface area contributed by atoms with Crippen LogP contribution < -0.4 is 16.0 Å². The second-order valence-corrected chi connectivity index (χ2v) is 15.3. The van der Waals surface area contributed by atoms with Crippen molar-refractivity contribution in [2.24, 2.45) is 35.5 Å². The lowest BCUT2D eigenvalue weighted by Gasteiger charge is -2.25. The summed E-state index contributed by atoms with van der Waals surface area (Å²) in [7, 11) is 0. The van der Waals surface area contributed by atoms with E-state index in [-0.39, 0.29) is 36.9 Å². The highest BCUT2D eigenvalue weighted by Crippen LogP contribution is 2.27. The molecule has 3 aromatic rings. The third-order valence-electron chi connectivity index (χ3n) is 11.6. The molecule has 0 saturated carbocycles. The minimum atomic E-state index is -0.703. The summed E-state index contributed by atoms with van der Waals surface area (Å²) in [5.41, 5.74) is 7.32. The maximum absolute atomic E-state index is 12.3. The molecule has 6 N–H and O–H groups in total. The molecule has 8 nitrogen and oxygen atoms in total. The highest BCUT2D eigenvalue weighted by Gasteiger charge is 2.31. The lowest BCUT2D eigenvalue weighted by Crippen LogP contribution is -2.27. The summed E-state index contributed by atoms with van der Waals surface area (Å²) in [5, 5.41) is 40.8. The first-order valence-electron chi connectivity index (χ1n) is 19.0. The zero-order valence-electron chi connectivity index (χ0n) is 29.6. The van der Waals surface area contributed by atoms with E-state index in [4.69, 9.17) is 0 Å². The van der Waals surface area contributed by atoms with E-state index >= 15 is 0 Å². The van der Waals surface area contributed by atoms with E-state index in [1.165, 1.54) is 27.8 Å². The molecule has 0 spiro atoms. The molecule has 8 heteroatoms. The van der Waals surface area contributed by atoms with Gasteiger partial charge in [-0.1, -0.05) is 72.8 Å². The molecule has 6 atom stereocenters. The van der Waals surface area contributed by atoms with Gasteiger partial charge >= 0.3 is 5.97 Å². The molecule has 270 valence electrons. The van der Waals surface area contributed by atoms with Crippen LogP contribution in [0.2, 0.25) is 0 Å². The van der Waals surface area contributed by atoms with Crippen LogP contribution in [0.25, 0.3) is 0 Å². The van der Waals surface area contributed by atoms with Crippen molar-refractivity contribution >= 4 is 5.97 Å². The highest BCUT2D eigenvalue weighted by atomic mass is 16.4. The molecule has 0 aromatic heterocycles. The number of carboxylic acids is 1. The highest BCUT2D eigenvalue weighted by molar-refractivity contribution is 5.71. The molecular formula is C42H58N4O4. The standard InChI is InChI=1S/C42H58N4O4/c47-28-39(36-10-13-43-22-36)19-30-4-1-7-33(16-30)25-46(26-34-8-2-5-31(17-34)20-40(29-48)37-11-14-44-23-37)27-35-9-3-6-32(18-35)21-41(42(49)50)38-12-15-45-24-38/h1-9,16-18,36-41,43-45,47-48H,10-15,19-29H2,(H,49,50)/t36-,37-,38-,39+,40+,41-/m0/s1. The molecule has 3 aromatic carbocycles. The van der Waals surface area contributed by atoms with E-state index in [0.29, 0.717) is 18.3 Å². The zero-order valence-corrected chi connectivity index (χ0v) is 29.6. The number of benzene rings is 3. The van der Waals surface area contributed by atoms with E-state index in [1.807, 2.05) is 0 Å². The van der Waals surface area contributed by atoms with Crippen LogP contribution in [0, 0.1) is 35.5 Å². The van der Waals surface area contributed by atoms with Crippen molar-refractivity contribution in [3.63, 3.8) is 0 Å². The quantitative estimate of drug-likeness (QED) is 0.118. The summed E-state index contributed by atoms with van der Waals surface area (Å²) in [6.45, 7) is 8.41. The van der Waals surface area contributed by atoms with Gasteiger partial charge in [-0.05, 0) is 141 Å². The topological polar surface area (TPSA) is 117 Å². The largest absolute Gasteiger partial charge is 0.481 e. The second-order valence-electron chi connectivity index (χ2n) is 15.3. The number of hydrogen-bond donors (Lipinski definition) is 6. The smallest absolute Gasteiger partial charge is 0.307 e. The Bertz CT molecular complexity index is 1430. The van der Waals surface area contributed by atoms with Crippen LogP contribution in [-0.4, -0.2) is 78.7 Å². The minimum Gasteiger partial charge on any atom is -0.481 e. The van der Waals surface area contributed by atoms with Crippen LogP contribution in [0.15, 0.2) is 72.8 Å². The van der Waals surface area contributed by atoms with Crippen molar-refractivity contribution in [3.8, 4) is 0 Å². The minimum absolute atomic E-state index is 0.165. The van der Waals surface area contributed by atoms with E-state index in [0.717, 1.165) is 96.6 Å². The number of aliphatic hydroxyl groups excluding tert-OH is 2. The molecule has 0 amide bonds. The molecule has 3 heterocycles. The maximum Gasteiger partial charge on any atom is 0.307 e. The number of hydrogen-bond acceptors (Lipinski definition) is 7. The van der Waals surface area contributed by atoms with Gasteiger partial charge in [0.25, 0.3) is 0 Å². The average Bonchev–Trinajstić information content (AvgIpc) is 3.94. The number of nitrogens with zero attached hydrogens (tertiary/aromatic N) is 1. The van der Waals surface area contributed by atoms with Gasteiger partial charge in [-0.2, -0.15) is 0 Å². The average molecular weight is 683 g/mol. The molecule has 0 bridgehead atoms. The van der Waals surface area contributed by atoms with Gasteiger partial charge in [0.15, 0.2) is 0 Å². The van der Waals surface area contributed by atoms with Gasteiger partial charge in [0, 0.05) is 32.8 Å². The van der Waals surface area contributed by atoms with Crippen LogP contribution in [0.3, 0.4) is 0 Å². The van der Waals surface area contributed by atoms with Crippen LogP contribution in [0.4, 0.5) is 0 Å². The Balaban J connectivity index is 1.20. The zero-order chi connectivity index (χ0) is 34.7. The number of aliphatic carboxylic acids is 1. The van der Waals surface area contributed by atoms with Crippen LogP contribution in [-0.2, 0) is 43.7 Å². The third-order valence-corrected chi connectivity index (χ3v) is 11.6. The summed E-state index contributed by atoms with van der Waals surface area (Å²) in [4.78, 5) is 14.8. The van der Waals surface area contributed by atoms with Crippen molar-refractivity contribution in [2.75, 3.05) is 52.5 Å². The molecule has 0 aliphatic carbocycles. The Labute approximate surface area is 298 Å². The normalized spacial score (nSPS) is 22.6. The first-order valence-corrected chi connectivity index (χ1v) is 19.0. The third kappa shape index (κ3) is 10.2. The molecule has 3 fully saturated rings. The van der Waals surface area contributed by atoms with E-state index in [2.05, 4.69) is 93.6 Å². The number of carboxylic acid groups (broad SMARTS) is 1. The predicted octanol–water partition coefficient (Wildman–Crippen LogP) is 4.26. The molecule has 0 radical (unpaired) electrons. The predicted molar refractivity (Wildman–Crippen MR) is 199 cm³/mol. The summed E-state index contributed by atoms with van der Waals surface area (Å²) in [5.74, 6) is 0.635. The fraction of sp³-hybridized carbons (Fsp3) is 0.548. The Hall–Kier alpha value is -3.11. The van der Waals surface area contributed by atoms with Crippen molar-refractivity contribution in [1.29, 1.82) is 0 Å². The van der Waals surface area contributed by atoms with Crippen molar-refractivity contribution in [1.82, 2.24) is 20.9 Å². The van der Waals surface area contributed by atoms with Crippen LogP contribution >= 0.6 is 0 Å². The van der Waals surface area contributed by atoms with Crippen molar-refractivity contribution < 1.29 is 20.1 Å². The lowest BCUT2D eigenvalue weighted by atomic mass is 9.86. The van der Waals surface area contributed by atoms with Gasteiger partial charge in [0.2, 0.25) is 0 Å². The Morgan fingerprint density at radius 1 is 0.600 bits per heavy atom. The Morgan fingerprint density at radius 3 is 1.34 bits per heavy atom. The number of carbonyl (C=O) groups is 1. The van der Waals surface area contributed by atoms with E-state index in [9.17, 15) is 20.1 Å². The van der Waals surface area contributed by atoms with Gasteiger partial charge in [-0.3, -0.25) is 9.69 Å². The first-order chi connectivity index (χ1) is 24.5. The number of aliphatic hydroxyl groups is 2. The Morgan fingerprint density at radius 2 is 0.980 bits per heavy atom. The molecule has 50 heavy (non-hydrogen) atoms. The van der Waals surface area contributed by atoms with E-state index < -0.39 is 5.97 Å². The van der Waals surface area contributed by atoms with E-state index in [1.54, 1.807) is 0 Å². The molecule has 0 unspecified atom stereocenters. The van der Waals surface area contributed by atoms with Gasteiger partial charge < -0.3 is 31.3 Å². The summed E-state index contributed by atoms with van der Waals surface area (Å²) in [6.07, 6.45) is 5.46. The SMILES string of the molecule is O=C(O)[C@@H](Cc1cccc(CN(Cc2cccc(C[C@H](CO)[C@H]3CCNC3)c2)Cc2cccc(C[C@H](CO)[C@H]3CCNC3)c2)c1)[C@H]1CCNC1. The van der Waals surface area contributed by atoms with Crippen molar-refractivity contribution in [3.05, 3.63) is 106 Å². The van der Waals surface area contributed by atoms with Gasteiger partial charge in [-0.25, -0.2) is 0 Å².